The van der Waals surface area contributed by atoms with Crippen LogP contribution in [0.15, 0.2) is 22.7 Å². The summed E-state index contributed by atoms with van der Waals surface area (Å²) >= 11 is 9.19. The van der Waals surface area contributed by atoms with Crippen molar-refractivity contribution in [3.8, 4) is 0 Å². The highest BCUT2D eigenvalue weighted by Crippen LogP contribution is 2.25. The lowest BCUT2D eigenvalue weighted by Gasteiger charge is -2.16. The Balaban J connectivity index is 2.12. The summed E-state index contributed by atoms with van der Waals surface area (Å²) < 4.78 is 0.727. The first kappa shape index (κ1) is 13.4. The maximum atomic E-state index is 12.1. The number of amides is 1. The van der Waals surface area contributed by atoms with Gasteiger partial charge >= 0.3 is 5.97 Å². The molecule has 1 atom stereocenters. The SMILES string of the molecule is O=C(O)C1CCN(C(=O)c2ccc(Br)c(Cl)c2)C1. The van der Waals surface area contributed by atoms with Crippen molar-refractivity contribution in [2.75, 3.05) is 13.1 Å². The zero-order valence-corrected chi connectivity index (χ0v) is 11.7. The molecule has 1 aromatic carbocycles. The normalized spacial score (nSPS) is 19.0. The van der Waals surface area contributed by atoms with E-state index >= 15 is 0 Å². The molecule has 1 aliphatic rings. The molecule has 1 heterocycles. The molecule has 1 aliphatic heterocycles. The summed E-state index contributed by atoms with van der Waals surface area (Å²) in [6, 6.07) is 4.97. The van der Waals surface area contributed by atoms with Gasteiger partial charge in [0, 0.05) is 23.1 Å². The third kappa shape index (κ3) is 2.67. The average molecular weight is 333 g/mol. The van der Waals surface area contributed by atoms with E-state index in [2.05, 4.69) is 15.9 Å². The molecular weight excluding hydrogens is 321 g/mol. The van der Waals surface area contributed by atoms with Crippen molar-refractivity contribution in [2.45, 2.75) is 6.42 Å². The lowest BCUT2D eigenvalue weighted by Crippen LogP contribution is -2.29. The minimum atomic E-state index is -0.848. The fourth-order valence-electron chi connectivity index (χ4n) is 1.96. The summed E-state index contributed by atoms with van der Waals surface area (Å²) in [5, 5.41) is 9.37. The number of halogens is 2. The molecule has 1 saturated heterocycles. The van der Waals surface area contributed by atoms with Crippen LogP contribution in [0.25, 0.3) is 0 Å². The zero-order valence-electron chi connectivity index (χ0n) is 9.40. The summed E-state index contributed by atoms with van der Waals surface area (Å²) in [5.74, 6) is -1.48. The number of carbonyl (C=O) groups is 2. The molecule has 4 nitrogen and oxygen atoms in total. The smallest absolute Gasteiger partial charge is 0.308 e. The molecule has 1 amide bonds. The molecule has 0 aromatic heterocycles. The Hall–Kier alpha value is -1.07. The highest BCUT2D eigenvalue weighted by atomic mass is 79.9. The number of hydrogen-bond acceptors (Lipinski definition) is 2. The Morgan fingerprint density at radius 3 is 2.72 bits per heavy atom. The number of nitrogens with zero attached hydrogens (tertiary/aromatic N) is 1. The highest BCUT2D eigenvalue weighted by Gasteiger charge is 2.31. The lowest BCUT2D eigenvalue weighted by molar-refractivity contribution is -0.141. The van der Waals surface area contributed by atoms with Gasteiger partial charge in [-0.3, -0.25) is 9.59 Å². The topological polar surface area (TPSA) is 57.6 Å². The van der Waals surface area contributed by atoms with Crippen LogP contribution in [0.3, 0.4) is 0 Å². The largest absolute Gasteiger partial charge is 0.481 e. The summed E-state index contributed by atoms with van der Waals surface area (Å²) in [7, 11) is 0. The molecule has 6 heteroatoms. The fraction of sp³-hybridized carbons (Fsp3) is 0.333. The molecule has 18 heavy (non-hydrogen) atoms. The van der Waals surface area contributed by atoms with Gasteiger partial charge in [0.25, 0.3) is 5.91 Å². The van der Waals surface area contributed by atoms with E-state index in [1.54, 1.807) is 23.1 Å². The first-order valence-electron chi connectivity index (χ1n) is 5.46. The van der Waals surface area contributed by atoms with Crippen molar-refractivity contribution >= 4 is 39.4 Å². The number of carboxylic acids is 1. The minimum absolute atomic E-state index is 0.173. The maximum absolute atomic E-state index is 12.1. The van der Waals surface area contributed by atoms with Crippen molar-refractivity contribution < 1.29 is 14.7 Å². The molecular formula is C12H11BrClNO3. The molecule has 1 unspecified atom stereocenters. The average Bonchev–Trinajstić information content (AvgIpc) is 2.81. The Morgan fingerprint density at radius 2 is 2.17 bits per heavy atom. The van der Waals surface area contributed by atoms with Gasteiger partial charge in [-0.05, 0) is 40.5 Å². The molecule has 2 rings (SSSR count). The summed E-state index contributed by atoms with van der Waals surface area (Å²) in [4.78, 5) is 24.5. The fourth-order valence-corrected chi connectivity index (χ4v) is 2.39. The van der Waals surface area contributed by atoms with Gasteiger partial charge in [-0.15, -0.1) is 0 Å². The van der Waals surface area contributed by atoms with Crippen molar-refractivity contribution in [3.05, 3.63) is 33.3 Å². The van der Waals surface area contributed by atoms with Crippen LogP contribution in [-0.2, 0) is 4.79 Å². The van der Waals surface area contributed by atoms with Crippen molar-refractivity contribution in [2.24, 2.45) is 5.92 Å². The third-order valence-electron chi connectivity index (χ3n) is 2.99. The quantitative estimate of drug-likeness (QED) is 0.906. The van der Waals surface area contributed by atoms with E-state index in [4.69, 9.17) is 16.7 Å². The molecule has 0 spiro atoms. The maximum Gasteiger partial charge on any atom is 0.308 e. The van der Waals surface area contributed by atoms with Gasteiger partial charge in [-0.25, -0.2) is 0 Å². The van der Waals surface area contributed by atoms with Crippen LogP contribution in [0.5, 0.6) is 0 Å². The van der Waals surface area contributed by atoms with Gasteiger partial charge in [0.05, 0.1) is 10.9 Å². The molecule has 1 aromatic rings. The zero-order chi connectivity index (χ0) is 13.3. The number of carbonyl (C=O) groups excluding carboxylic acids is 1. The van der Waals surface area contributed by atoms with Crippen LogP contribution in [0.4, 0.5) is 0 Å². The molecule has 1 fully saturated rings. The first-order valence-corrected chi connectivity index (χ1v) is 6.63. The van der Waals surface area contributed by atoms with E-state index in [1.807, 2.05) is 0 Å². The number of benzene rings is 1. The molecule has 0 aliphatic carbocycles. The predicted octanol–water partition coefficient (Wildman–Crippen LogP) is 2.65. The van der Waals surface area contributed by atoms with Crippen molar-refractivity contribution in [1.82, 2.24) is 4.90 Å². The number of carboxylic acid groups (broad SMARTS) is 1. The molecule has 0 radical (unpaired) electrons. The molecule has 96 valence electrons. The summed E-state index contributed by atoms with van der Waals surface area (Å²) in [6.45, 7) is 0.741. The predicted molar refractivity (Wildman–Crippen MR) is 70.8 cm³/mol. The third-order valence-corrected chi connectivity index (χ3v) is 4.22. The molecule has 0 saturated carbocycles. The standard InChI is InChI=1S/C12H11BrClNO3/c13-9-2-1-7(5-10(9)14)11(16)15-4-3-8(6-15)12(17)18/h1-2,5,8H,3-4,6H2,(H,17,18). The van der Waals surface area contributed by atoms with E-state index in [0.29, 0.717) is 23.6 Å². The van der Waals surface area contributed by atoms with Gasteiger partial charge in [0.15, 0.2) is 0 Å². The summed E-state index contributed by atoms with van der Waals surface area (Å²) in [6.07, 6.45) is 0.505. The second-order valence-corrected chi connectivity index (χ2v) is 5.47. The van der Waals surface area contributed by atoms with E-state index in [1.165, 1.54) is 0 Å². The monoisotopic (exact) mass is 331 g/mol. The van der Waals surface area contributed by atoms with E-state index in [9.17, 15) is 9.59 Å². The Morgan fingerprint density at radius 1 is 1.44 bits per heavy atom. The Bertz CT molecular complexity index is 506. The van der Waals surface area contributed by atoms with E-state index in [-0.39, 0.29) is 12.5 Å². The van der Waals surface area contributed by atoms with Gasteiger partial charge in [0.1, 0.15) is 0 Å². The van der Waals surface area contributed by atoms with Crippen LogP contribution in [0.2, 0.25) is 5.02 Å². The highest BCUT2D eigenvalue weighted by molar-refractivity contribution is 9.10. The second kappa shape index (κ2) is 5.28. The van der Waals surface area contributed by atoms with Gasteiger partial charge < -0.3 is 10.0 Å². The van der Waals surface area contributed by atoms with E-state index in [0.717, 1.165) is 4.47 Å². The van der Waals surface area contributed by atoms with Gasteiger partial charge in [-0.2, -0.15) is 0 Å². The Kier molecular flexibility index (Phi) is 3.92. The minimum Gasteiger partial charge on any atom is -0.481 e. The second-order valence-electron chi connectivity index (χ2n) is 4.20. The van der Waals surface area contributed by atoms with E-state index < -0.39 is 11.9 Å². The van der Waals surface area contributed by atoms with Crippen LogP contribution < -0.4 is 0 Å². The molecule has 1 N–H and O–H groups in total. The van der Waals surface area contributed by atoms with Gasteiger partial charge in [0.2, 0.25) is 0 Å². The molecule has 0 bridgehead atoms. The number of likely N-dealkylation sites (tertiary alicyclic amines) is 1. The van der Waals surface area contributed by atoms with Crippen molar-refractivity contribution in [3.63, 3.8) is 0 Å². The number of hydrogen-bond donors (Lipinski definition) is 1. The van der Waals surface area contributed by atoms with Crippen LogP contribution in [0, 0.1) is 5.92 Å². The first-order chi connectivity index (χ1) is 8.49. The lowest BCUT2D eigenvalue weighted by atomic mass is 10.1. The van der Waals surface area contributed by atoms with Crippen molar-refractivity contribution in [1.29, 1.82) is 0 Å². The summed E-state index contributed by atoms with van der Waals surface area (Å²) in [5.41, 5.74) is 0.481. The van der Waals surface area contributed by atoms with Crippen LogP contribution in [0.1, 0.15) is 16.8 Å². The van der Waals surface area contributed by atoms with Crippen LogP contribution >= 0.6 is 27.5 Å². The number of aliphatic carboxylic acids is 1. The van der Waals surface area contributed by atoms with Crippen LogP contribution in [-0.4, -0.2) is 35.0 Å². The van der Waals surface area contributed by atoms with Gasteiger partial charge in [-0.1, -0.05) is 11.6 Å². The Labute approximate surface area is 118 Å². The number of rotatable bonds is 2.